The van der Waals surface area contributed by atoms with E-state index < -0.39 is 29.6 Å². The van der Waals surface area contributed by atoms with Crippen LogP contribution in [0, 0.1) is 11.3 Å². The molecular formula is C8H12F4. The smallest absolute Gasteiger partial charge is 0.200 e. The summed E-state index contributed by atoms with van der Waals surface area (Å²) in [6.45, 7) is 4.67. The molecule has 0 aromatic carbocycles. The third-order valence-corrected chi connectivity index (χ3v) is 2.43. The van der Waals surface area contributed by atoms with E-state index in [4.69, 9.17) is 0 Å². The second-order valence-corrected chi connectivity index (χ2v) is 4.45. The highest BCUT2D eigenvalue weighted by molar-refractivity contribution is 5.07. The quantitative estimate of drug-likeness (QED) is 0.506. The van der Waals surface area contributed by atoms with E-state index in [1.165, 1.54) is 0 Å². The Morgan fingerprint density at radius 1 is 1.08 bits per heavy atom. The van der Waals surface area contributed by atoms with Crippen molar-refractivity contribution >= 4 is 0 Å². The van der Waals surface area contributed by atoms with Gasteiger partial charge in [0.15, 0.2) is 0 Å². The van der Waals surface area contributed by atoms with Gasteiger partial charge in [0.05, 0.1) is 0 Å². The third kappa shape index (κ3) is 1.12. The molecule has 1 atom stereocenters. The summed E-state index contributed by atoms with van der Waals surface area (Å²) < 4.78 is 50.1. The highest BCUT2D eigenvalue weighted by atomic mass is 19.3. The van der Waals surface area contributed by atoms with Crippen molar-refractivity contribution in [2.75, 3.05) is 0 Å². The Labute approximate surface area is 69.0 Å². The minimum absolute atomic E-state index is 0.691. The van der Waals surface area contributed by atoms with Crippen molar-refractivity contribution in [2.24, 2.45) is 11.3 Å². The monoisotopic (exact) mass is 184 g/mol. The predicted octanol–water partition coefficient (Wildman–Crippen LogP) is 3.32. The van der Waals surface area contributed by atoms with E-state index in [-0.39, 0.29) is 0 Å². The molecule has 1 aliphatic rings. The second-order valence-electron chi connectivity index (χ2n) is 4.45. The summed E-state index contributed by atoms with van der Waals surface area (Å²) in [5.74, 6) is -8.80. The van der Waals surface area contributed by atoms with Crippen LogP contribution in [0.3, 0.4) is 0 Å². The van der Waals surface area contributed by atoms with E-state index in [1.54, 1.807) is 20.8 Å². The molecule has 0 aromatic rings. The standard InChI is InChI=1S/C8H12F4/c1-6(2,3)5-4-7(9,10)8(5,11)12/h5H,4H2,1-3H3. The molecule has 0 nitrogen and oxygen atoms in total. The highest BCUT2D eigenvalue weighted by Gasteiger charge is 2.73. The van der Waals surface area contributed by atoms with Crippen LogP contribution in [0.2, 0.25) is 0 Å². The molecule has 0 aromatic heterocycles. The highest BCUT2D eigenvalue weighted by Crippen LogP contribution is 2.60. The van der Waals surface area contributed by atoms with Crippen molar-refractivity contribution < 1.29 is 17.6 Å². The zero-order valence-corrected chi connectivity index (χ0v) is 7.30. The van der Waals surface area contributed by atoms with E-state index in [9.17, 15) is 17.6 Å². The van der Waals surface area contributed by atoms with Crippen molar-refractivity contribution in [2.45, 2.75) is 39.0 Å². The average Bonchev–Trinajstić information content (AvgIpc) is 1.81. The normalized spacial score (nSPS) is 32.8. The fourth-order valence-electron chi connectivity index (χ4n) is 1.49. The van der Waals surface area contributed by atoms with E-state index >= 15 is 0 Å². The van der Waals surface area contributed by atoms with Crippen LogP contribution in [-0.2, 0) is 0 Å². The zero-order valence-electron chi connectivity index (χ0n) is 7.30. The molecule has 4 heteroatoms. The van der Waals surface area contributed by atoms with Crippen LogP contribution in [0.25, 0.3) is 0 Å². The van der Waals surface area contributed by atoms with E-state index in [0.29, 0.717) is 0 Å². The maximum Gasteiger partial charge on any atom is 0.313 e. The SMILES string of the molecule is CC(C)(C)C1CC(F)(F)C1(F)F. The van der Waals surface area contributed by atoms with Gasteiger partial charge in [-0.3, -0.25) is 0 Å². The molecule has 0 bridgehead atoms. The molecule has 0 spiro atoms. The summed E-state index contributed by atoms with van der Waals surface area (Å²) in [6.07, 6.45) is -0.691. The van der Waals surface area contributed by atoms with Gasteiger partial charge in [0.2, 0.25) is 0 Å². The first kappa shape index (κ1) is 9.81. The number of rotatable bonds is 0. The van der Waals surface area contributed by atoms with Gasteiger partial charge in [-0.15, -0.1) is 0 Å². The number of hydrogen-bond donors (Lipinski definition) is 0. The van der Waals surface area contributed by atoms with Gasteiger partial charge in [-0.2, -0.15) is 17.6 Å². The molecule has 0 saturated heterocycles. The molecule has 0 amide bonds. The first-order valence-electron chi connectivity index (χ1n) is 3.85. The van der Waals surface area contributed by atoms with Gasteiger partial charge in [0.1, 0.15) is 0 Å². The van der Waals surface area contributed by atoms with Crippen LogP contribution >= 0.6 is 0 Å². The van der Waals surface area contributed by atoms with Crippen molar-refractivity contribution in [3.63, 3.8) is 0 Å². The molecule has 72 valence electrons. The van der Waals surface area contributed by atoms with Crippen molar-refractivity contribution in [1.82, 2.24) is 0 Å². The van der Waals surface area contributed by atoms with Crippen LogP contribution in [-0.4, -0.2) is 11.8 Å². The molecule has 1 rings (SSSR count). The lowest BCUT2D eigenvalue weighted by molar-refractivity contribution is -0.333. The summed E-state index contributed by atoms with van der Waals surface area (Å²) in [7, 11) is 0. The Kier molecular flexibility index (Phi) is 1.75. The second kappa shape index (κ2) is 2.15. The molecule has 12 heavy (non-hydrogen) atoms. The summed E-state index contributed by atoms with van der Waals surface area (Å²) in [4.78, 5) is 0. The Morgan fingerprint density at radius 2 is 1.50 bits per heavy atom. The lowest BCUT2D eigenvalue weighted by Gasteiger charge is -2.49. The predicted molar refractivity (Wildman–Crippen MR) is 37.5 cm³/mol. The minimum atomic E-state index is -3.81. The lowest BCUT2D eigenvalue weighted by atomic mass is 9.63. The maximum absolute atomic E-state index is 12.7. The third-order valence-electron chi connectivity index (χ3n) is 2.43. The van der Waals surface area contributed by atoms with Gasteiger partial charge in [0, 0.05) is 12.3 Å². The van der Waals surface area contributed by atoms with Gasteiger partial charge in [-0.1, -0.05) is 20.8 Å². The van der Waals surface area contributed by atoms with Crippen molar-refractivity contribution in [3.05, 3.63) is 0 Å². The van der Waals surface area contributed by atoms with Crippen LogP contribution in [0.1, 0.15) is 27.2 Å². The summed E-state index contributed by atoms with van der Waals surface area (Å²) >= 11 is 0. The molecule has 1 fully saturated rings. The fraction of sp³-hybridized carbons (Fsp3) is 1.00. The van der Waals surface area contributed by atoms with Crippen LogP contribution < -0.4 is 0 Å². The van der Waals surface area contributed by atoms with Gasteiger partial charge in [-0.05, 0) is 5.41 Å². The molecular weight excluding hydrogens is 172 g/mol. The van der Waals surface area contributed by atoms with Crippen molar-refractivity contribution in [1.29, 1.82) is 0 Å². The number of hydrogen-bond acceptors (Lipinski definition) is 0. The summed E-state index contributed by atoms with van der Waals surface area (Å²) in [5.41, 5.74) is -0.745. The van der Waals surface area contributed by atoms with E-state index in [2.05, 4.69) is 0 Å². The van der Waals surface area contributed by atoms with Gasteiger partial charge < -0.3 is 0 Å². The van der Waals surface area contributed by atoms with Gasteiger partial charge in [-0.25, -0.2) is 0 Å². The molecule has 0 N–H and O–H groups in total. The van der Waals surface area contributed by atoms with Crippen LogP contribution in [0.15, 0.2) is 0 Å². The topological polar surface area (TPSA) is 0 Å². The first-order chi connectivity index (χ1) is 5.09. The summed E-state index contributed by atoms with van der Waals surface area (Å²) in [6, 6.07) is 0. The maximum atomic E-state index is 12.7. The lowest BCUT2D eigenvalue weighted by Crippen LogP contribution is -2.62. The minimum Gasteiger partial charge on any atom is -0.200 e. The van der Waals surface area contributed by atoms with Crippen LogP contribution in [0.4, 0.5) is 17.6 Å². The largest absolute Gasteiger partial charge is 0.313 e. The fourth-order valence-corrected chi connectivity index (χ4v) is 1.49. The zero-order chi connectivity index (χ0) is 9.78. The Hall–Kier alpha value is -0.280. The van der Waals surface area contributed by atoms with E-state index in [0.717, 1.165) is 0 Å². The molecule has 1 aliphatic carbocycles. The first-order valence-corrected chi connectivity index (χ1v) is 3.85. The average molecular weight is 184 g/mol. The molecule has 1 saturated carbocycles. The molecule has 0 aliphatic heterocycles. The Morgan fingerprint density at radius 3 is 1.58 bits per heavy atom. The molecule has 1 unspecified atom stereocenters. The van der Waals surface area contributed by atoms with Gasteiger partial charge in [0.25, 0.3) is 0 Å². The van der Waals surface area contributed by atoms with Crippen LogP contribution in [0.5, 0.6) is 0 Å². The number of halogens is 4. The van der Waals surface area contributed by atoms with Crippen molar-refractivity contribution in [3.8, 4) is 0 Å². The van der Waals surface area contributed by atoms with E-state index in [1.807, 2.05) is 0 Å². The molecule has 0 heterocycles. The molecule has 0 radical (unpaired) electrons. The summed E-state index contributed by atoms with van der Waals surface area (Å²) in [5, 5.41) is 0. The number of alkyl halides is 4. The van der Waals surface area contributed by atoms with Gasteiger partial charge >= 0.3 is 11.8 Å². The Balaban J connectivity index is 2.80. The Bertz CT molecular complexity index is 190.